The Morgan fingerprint density at radius 1 is 1.42 bits per heavy atom. The van der Waals surface area contributed by atoms with Crippen LogP contribution in [0.3, 0.4) is 0 Å². The zero-order chi connectivity index (χ0) is 14.4. The lowest BCUT2D eigenvalue weighted by atomic mass is 10.2. The van der Waals surface area contributed by atoms with Crippen LogP contribution in [0.2, 0.25) is 0 Å². The van der Waals surface area contributed by atoms with E-state index in [1.54, 1.807) is 7.05 Å². The molecule has 1 rings (SSSR count). The predicted molar refractivity (Wildman–Crippen MR) is 70.8 cm³/mol. The molecular formula is C12H14N2O4S. The van der Waals surface area contributed by atoms with E-state index in [9.17, 15) is 14.4 Å². The van der Waals surface area contributed by atoms with Crippen molar-refractivity contribution in [3.05, 3.63) is 34.5 Å². The minimum absolute atomic E-state index is 0.170. The van der Waals surface area contributed by atoms with Crippen LogP contribution in [0.25, 0.3) is 0 Å². The van der Waals surface area contributed by atoms with Crippen molar-refractivity contribution in [2.24, 2.45) is 0 Å². The van der Waals surface area contributed by atoms with E-state index in [4.69, 9.17) is 5.11 Å². The van der Waals surface area contributed by atoms with Gasteiger partial charge in [0.05, 0.1) is 6.04 Å². The summed E-state index contributed by atoms with van der Waals surface area (Å²) >= 11 is 1.51. The number of nitrogens with one attached hydrogen (secondary N) is 1. The van der Waals surface area contributed by atoms with Gasteiger partial charge in [0, 0.05) is 24.1 Å². The first-order valence-electron chi connectivity index (χ1n) is 5.44. The summed E-state index contributed by atoms with van der Waals surface area (Å²) in [5.41, 5.74) is 0. The molecule has 3 amide bonds. The lowest BCUT2D eigenvalue weighted by molar-refractivity contribution is -0.131. The Bertz CT molecular complexity index is 496. The third-order valence-corrected chi connectivity index (χ3v) is 3.51. The summed E-state index contributed by atoms with van der Waals surface area (Å²) in [7, 11) is 1.56. The number of aliphatic carboxylic acids is 1. The maximum Gasteiger partial charge on any atom is 0.328 e. The first-order valence-corrected chi connectivity index (χ1v) is 6.32. The summed E-state index contributed by atoms with van der Waals surface area (Å²) in [6, 6.07) is 3.02. The number of amides is 3. The molecule has 0 fully saturated rings. The zero-order valence-corrected chi connectivity index (χ0v) is 11.3. The molecular weight excluding hydrogens is 268 g/mol. The van der Waals surface area contributed by atoms with Crippen molar-refractivity contribution in [3.8, 4) is 0 Å². The lowest BCUT2D eigenvalue weighted by Gasteiger charge is -2.23. The summed E-state index contributed by atoms with van der Waals surface area (Å²) in [5.74, 6) is -2.01. The van der Waals surface area contributed by atoms with Crippen LogP contribution in [0, 0.1) is 0 Å². The van der Waals surface area contributed by atoms with Gasteiger partial charge < -0.3 is 10.0 Å². The number of thiophene rings is 1. The Hall–Kier alpha value is -2.15. The number of carboxylic acids is 1. The molecule has 1 aromatic rings. The van der Waals surface area contributed by atoms with E-state index < -0.39 is 17.9 Å². The van der Waals surface area contributed by atoms with Crippen LogP contribution in [-0.4, -0.2) is 35.0 Å². The molecule has 0 aromatic carbocycles. The molecule has 1 atom stereocenters. The number of nitrogens with zero attached hydrogens (tertiary/aromatic N) is 1. The van der Waals surface area contributed by atoms with Crippen LogP contribution < -0.4 is 5.32 Å². The highest BCUT2D eigenvalue weighted by atomic mass is 32.1. The van der Waals surface area contributed by atoms with Crippen molar-refractivity contribution < 1.29 is 19.5 Å². The van der Waals surface area contributed by atoms with Crippen LogP contribution in [0.1, 0.15) is 17.8 Å². The van der Waals surface area contributed by atoms with E-state index in [-0.39, 0.29) is 6.04 Å². The highest BCUT2D eigenvalue weighted by Gasteiger charge is 2.19. The Morgan fingerprint density at radius 2 is 2.11 bits per heavy atom. The summed E-state index contributed by atoms with van der Waals surface area (Å²) in [4.78, 5) is 35.6. The standard InChI is InChI=1S/C12H14N2O4S/c1-8(9-4-3-7-19-9)14(2)12(18)13-10(15)5-6-11(16)17/h3-8H,1-2H3,(H,16,17)(H,13,15,18)/b6-5+. The van der Waals surface area contributed by atoms with E-state index in [2.05, 4.69) is 5.32 Å². The van der Waals surface area contributed by atoms with Crippen LogP contribution in [0.15, 0.2) is 29.7 Å². The fourth-order valence-electron chi connectivity index (χ4n) is 1.28. The average molecular weight is 282 g/mol. The number of rotatable bonds is 4. The molecule has 1 unspecified atom stereocenters. The zero-order valence-electron chi connectivity index (χ0n) is 10.5. The normalized spacial score (nSPS) is 12.1. The number of hydrogen-bond donors (Lipinski definition) is 2. The van der Waals surface area contributed by atoms with Gasteiger partial charge in [-0.2, -0.15) is 0 Å². The topological polar surface area (TPSA) is 86.7 Å². The molecule has 2 N–H and O–H groups in total. The summed E-state index contributed by atoms with van der Waals surface area (Å²) in [5, 5.41) is 12.3. The molecule has 19 heavy (non-hydrogen) atoms. The maximum atomic E-state index is 11.8. The van der Waals surface area contributed by atoms with Gasteiger partial charge in [-0.05, 0) is 18.4 Å². The molecule has 102 valence electrons. The van der Waals surface area contributed by atoms with E-state index in [1.165, 1.54) is 16.2 Å². The van der Waals surface area contributed by atoms with Crippen LogP contribution in [0.5, 0.6) is 0 Å². The summed E-state index contributed by atoms with van der Waals surface area (Å²) in [6.07, 6.45) is 1.47. The van der Waals surface area contributed by atoms with Gasteiger partial charge in [-0.1, -0.05) is 6.07 Å². The quantitative estimate of drug-likeness (QED) is 0.821. The first-order chi connectivity index (χ1) is 8.91. The van der Waals surface area contributed by atoms with Crippen molar-refractivity contribution in [1.29, 1.82) is 0 Å². The van der Waals surface area contributed by atoms with Crippen LogP contribution in [-0.2, 0) is 9.59 Å². The van der Waals surface area contributed by atoms with Gasteiger partial charge in [0.2, 0.25) is 0 Å². The van der Waals surface area contributed by atoms with Gasteiger partial charge in [-0.3, -0.25) is 10.1 Å². The minimum Gasteiger partial charge on any atom is -0.478 e. The molecule has 0 aliphatic rings. The smallest absolute Gasteiger partial charge is 0.328 e. The second-order valence-corrected chi connectivity index (χ2v) is 4.75. The van der Waals surface area contributed by atoms with Crippen LogP contribution >= 0.6 is 11.3 Å². The number of urea groups is 1. The van der Waals surface area contributed by atoms with E-state index >= 15 is 0 Å². The summed E-state index contributed by atoms with van der Waals surface area (Å²) < 4.78 is 0. The molecule has 0 spiro atoms. The first kappa shape index (κ1) is 14.9. The van der Waals surface area contributed by atoms with E-state index in [1.807, 2.05) is 24.4 Å². The third-order valence-electron chi connectivity index (χ3n) is 2.46. The third kappa shape index (κ3) is 4.55. The molecule has 0 aliphatic heterocycles. The Labute approximate surface area is 114 Å². The fourth-order valence-corrected chi connectivity index (χ4v) is 2.10. The van der Waals surface area contributed by atoms with Crippen molar-refractivity contribution in [3.63, 3.8) is 0 Å². The molecule has 0 radical (unpaired) electrons. The average Bonchev–Trinajstić information content (AvgIpc) is 2.88. The lowest BCUT2D eigenvalue weighted by Crippen LogP contribution is -2.41. The summed E-state index contributed by atoms with van der Waals surface area (Å²) in [6.45, 7) is 1.84. The van der Waals surface area contributed by atoms with E-state index in [0.717, 1.165) is 11.0 Å². The molecule has 0 saturated carbocycles. The Balaban J connectivity index is 2.58. The fraction of sp³-hybridized carbons (Fsp3) is 0.250. The van der Waals surface area contributed by atoms with Gasteiger partial charge in [0.1, 0.15) is 0 Å². The van der Waals surface area contributed by atoms with Crippen LogP contribution in [0.4, 0.5) is 4.79 Å². The predicted octanol–water partition coefficient (Wildman–Crippen LogP) is 1.62. The molecule has 0 aliphatic carbocycles. The number of carboxylic acid groups (broad SMARTS) is 1. The Morgan fingerprint density at radius 3 is 2.63 bits per heavy atom. The van der Waals surface area contributed by atoms with Crippen molar-refractivity contribution >= 4 is 29.2 Å². The molecule has 0 saturated heterocycles. The second-order valence-electron chi connectivity index (χ2n) is 3.77. The van der Waals surface area contributed by atoms with Crippen molar-refractivity contribution in [1.82, 2.24) is 10.2 Å². The second kappa shape index (κ2) is 6.69. The number of imide groups is 1. The Kier molecular flexibility index (Phi) is 5.25. The SMILES string of the molecule is CC(c1cccs1)N(C)C(=O)NC(=O)/C=C/C(=O)O. The highest BCUT2D eigenvalue weighted by molar-refractivity contribution is 7.10. The van der Waals surface area contributed by atoms with Crippen molar-refractivity contribution in [2.45, 2.75) is 13.0 Å². The molecule has 0 bridgehead atoms. The monoisotopic (exact) mass is 282 g/mol. The molecule has 1 heterocycles. The number of carbonyl (C=O) groups excluding carboxylic acids is 2. The van der Waals surface area contributed by atoms with Crippen molar-refractivity contribution in [2.75, 3.05) is 7.05 Å². The minimum atomic E-state index is -1.25. The molecule has 1 aromatic heterocycles. The molecule has 6 nitrogen and oxygen atoms in total. The maximum absolute atomic E-state index is 11.8. The highest BCUT2D eigenvalue weighted by Crippen LogP contribution is 2.23. The van der Waals surface area contributed by atoms with Gasteiger partial charge in [-0.25, -0.2) is 9.59 Å². The molecule has 7 heteroatoms. The largest absolute Gasteiger partial charge is 0.478 e. The van der Waals surface area contributed by atoms with Gasteiger partial charge in [0.15, 0.2) is 0 Å². The number of hydrogen-bond acceptors (Lipinski definition) is 4. The van der Waals surface area contributed by atoms with Gasteiger partial charge in [-0.15, -0.1) is 11.3 Å². The van der Waals surface area contributed by atoms with Gasteiger partial charge in [0.25, 0.3) is 5.91 Å². The number of carbonyl (C=O) groups is 3. The van der Waals surface area contributed by atoms with Gasteiger partial charge >= 0.3 is 12.0 Å². The van der Waals surface area contributed by atoms with E-state index in [0.29, 0.717) is 6.08 Å².